The maximum absolute atomic E-state index is 12.3. The van der Waals surface area contributed by atoms with Gasteiger partial charge in [0.2, 0.25) is 0 Å². The van der Waals surface area contributed by atoms with Crippen LogP contribution in [0.3, 0.4) is 0 Å². The standard InChI is InChI=1S/C14H17N5OS/c1-10-17-12(9-21-10)14(20)19-6-4-18(5-7-19)13-3-2-11(15)8-16-13/h2-3,8-9H,4-7,15H2,1H3. The van der Waals surface area contributed by atoms with Gasteiger partial charge in [-0.05, 0) is 19.1 Å². The summed E-state index contributed by atoms with van der Waals surface area (Å²) in [6, 6.07) is 3.76. The van der Waals surface area contributed by atoms with Crippen LogP contribution < -0.4 is 10.6 Å². The number of nitrogens with zero attached hydrogens (tertiary/aromatic N) is 4. The number of nitrogen functional groups attached to an aromatic ring is 1. The molecule has 6 nitrogen and oxygen atoms in total. The first kappa shape index (κ1) is 13.8. The predicted octanol–water partition coefficient (Wildman–Crippen LogP) is 1.39. The van der Waals surface area contributed by atoms with Crippen molar-refractivity contribution >= 4 is 28.7 Å². The van der Waals surface area contributed by atoms with E-state index in [0.29, 0.717) is 24.5 Å². The Morgan fingerprint density at radius 3 is 2.62 bits per heavy atom. The Kier molecular flexibility index (Phi) is 3.74. The SMILES string of the molecule is Cc1nc(C(=O)N2CCN(c3ccc(N)cn3)CC2)cs1. The molecule has 2 aromatic heterocycles. The molecule has 1 aliphatic rings. The highest BCUT2D eigenvalue weighted by Crippen LogP contribution is 2.16. The molecule has 0 unspecified atom stereocenters. The number of rotatable bonds is 2. The largest absolute Gasteiger partial charge is 0.397 e. The summed E-state index contributed by atoms with van der Waals surface area (Å²) in [7, 11) is 0. The average Bonchev–Trinajstić information content (AvgIpc) is 2.94. The van der Waals surface area contributed by atoms with Gasteiger partial charge >= 0.3 is 0 Å². The molecule has 110 valence electrons. The van der Waals surface area contributed by atoms with Crippen molar-refractivity contribution in [1.29, 1.82) is 0 Å². The second-order valence-electron chi connectivity index (χ2n) is 4.98. The third-order valence-corrected chi connectivity index (χ3v) is 4.27. The number of carbonyl (C=O) groups is 1. The topological polar surface area (TPSA) is 75.4 Å². The van der Waals surface area contributed by atoms with Crippen molar-refractivity contribution in [2.24, 2.45) is 0 Å². The molecular formula is C14H17N5OS. The molecule has 21 heavy (non-hydrogen) atoms. The molecule has 0 bridgehead atoms. The Balaban J connectivity index is 1.62. The van der Waals surface area contributed by atoms with Gasteiger partial charge < -0.3 is 15.5 Å². The van der Waals surface area contributed by atoms with Crippen molar-refractivity contribution in [2.75, 3.05) is 36.8 Å². The van der Waals surface area contributed by atoms with Crippen LogP contribution in [0.15, 0.2) is 23.7 Å². The molecular weight excluding hydrogens is 286 g/mol. The van der Waals surface area contributed by atoms with Gasteiger partial charge in [-0.15, -0.1) is 11.3 Å². The average molecular weight is 303 g/mol. The van der Waals surface area contributed by atoms with Crippen molar-refractivity contribution < 1.29 is 4.79 Å². The molecule has 7 heteroatoms. The molecule has 2 N–H and O–H groups in total. The first-order chi connectivity index (χ1) is 10.1. The summed E-state index contributed by atoms with van der Waals surface area (Å²) in [6.07, 6.45) is 1.66. The zero-order valence-electron chi connectivity index (χ0n) is 11.8. The molecule has 1 aliphatic heterocycles. The van der Waals surface area contributed by atoms with Crippen molar-refractivity contribution in [1.82, 2.24) is 14.9 Å². The molecule has 0 radical (unpaired) electrons. The summed E-state index contributed by atoms with van der Waals surface area (Å²) < 4.78 is 0. The van der Waals surface area contributed by atoms with Crippen LogP contribution in [0, 0.1) is 6.92 Å². The number of piperazine rings is 1. The third kappa shape index (κ3) is 2.97. The number of nitrogens with two attached hydrogens (primary N) is 1. The van der Waals surface area contributed by atoms with Gasteiger partial charge in [-0.2, -0.15) is 0 Å². The first-order valence-electron chi connectivity index (χ1n) is 6.81. The van der Waals surface area contributed by atoms with Gasteiger partial charge in [0, 0.05) is 31.6 Å². The zero-order chi connectivity index (χ0) is 14.8. The van der Waals surface area contributed by atoms with Gasteiger partial charge in [-0.3, -0.25) is 4.79 Å². The van der Waals surface area contributed by atoms with Crippen molar-refractivity contribution in [2.45, 2.75) is 6.92 Å². The van der Waals surface area contributed by atoms with Crippen LogP contribution in [-0.2, 0) is 0 Å². The van der Waals surface area contributed by atoms with Gasteiger partial charge in [0.1, 0.15) is 11.5 Å². The van der Waals surface area contributed by atoms with E-state index in [1.807, 2.05) is 29.3 Å². The monoisotopic (exact) mass is 303 g/mol. The lowest BCUT2D eigenvalue weighted by Crippen LogP contribution is -2.49. The minimum absolute atomic E-state index is 0.0178. The van der Waals surface area contributed by atoms with Gasteiger partial charge in [0.05, 0.1) is 16.9 Å². The maximum atomic E-state index is 12.3. The lowest BCUT2D eigenvalue weighted by atomic mass is 10.2. The lowest BCUT2D eigenvalue weighted by Gasteiger charge is -2.35. The third-order valence-electron chi connectivity index (χ3n) is 3.50. The lowest BCUT2D eigenvalue weighted by molar-refractivity contribution is 0.0741. The molecule has 1 fully saturated rings. The van der Waals surface area contributed by atoms with E-state index in [4.69, 9.17) is 5.73 Å². The van der Waals surface area contributed by atoms with Crippen LogP contribution in [0.25, 0.3) is 0 Å². The number of thiazole rings is 1. The fraction of sp³-hybridized carbons (Fsp3) is 0.357. The minimum atomic E-state index is 0.0178. The number of aryl methyl sites for hydroxylation is 1. The van der Waals surface area contributed by atoms with Gasteiger partial charge in [0.25, 0.3) is 5.91 Å². The molecule has 0 aliphatic carbocycles. The number of pyridine rings is 1. The number of carbonyl (C=O) groups excluding carboxylic acids is 1. The number of hydrogen-bond donors (Lipinski definition) is 1. The summed E-state index contributed by atoms with van der Waals surface area (Å²) in [6.45, 7) is 4.81. The highest BCUT2D eigenvalue weighted by Gasteiger charge is 2.24. The summed E-state index contributed by atoms with van der Waals surface area (Å²) in [5.74, 6) is 0.921. The Bertz CT molecular complexity index is 631. The fourth-order valence-electron chi connectivity index (χ4n) is 2.35. The molecule has 1 saturated heterocycles. The van der Waals surface area contributed by atoms with Gasteiger partial charge in [-0.25, -0.2) is 9.97 Å². The van der Waals surface area contributed by atoms with E-state index in [1.54, 1.807) is 6.20 Å². The van der Waals surface area contributed by atoms with Crippen LogP contribution in [0.2, 0.25) is 0 Å². The summed E-state index contributed by atoms with van der Waals surface area (Å²) in [5.41, 5.74) is 6.86. The van der Waals surface area contributed by atoms with E-state index in [0.717, 1.165) is 23.9 Å². The molecule has 0 saturated carbocycles. The molecule has 1 amide bonds. The summed E-state index contributed by atoms with van der Waals surface area (Å²) in [4.78, 5) is 24.9. The van der Waals surface area contributed by atoms with Crippen LogP contribution in [0.5, 0.6) is 0 Å². The Morgan fingerprint density at radius 2 is 2.05 bits per heavy atom. The van der Waals surface area contributed by atoms with E-state index in [-0.39, 0.29) is 5.91 Å². The second kappa shape index (κ2) is 5.69. The quantitative estimate of drug-likeness (QED) is 0.907. The molecule has 3 rings (SSSR count). The highest BCUT2D eigenvalue weighted by molar-refractivity contribution is 7.09. The molecule has 0 atom stereocenters. The van der Waals surface area contributed by atoms with Crippen LogP contribution in [-0.4, -0.2) is 47.0 Å². The van der Waals surface area contributed by atoms with Crippen LogP contribution in [0.1, 0.15) is 15.5 Å². The molecule has 2 aromatic rings. The smallest absolute Gasteiger partial charge is 0.273 e. The number of aromatic nitrogens is 2. The van der Waals surface area contributed by atoms with E-state index >= 15 is 0 Å². The molecule has 3 heterocycles. The van der Waals surface area contributed by atoms with Crippen molar-refractivity contribution in [3.8, 4) is 0 Å². The maximum Gasteiger partial charge on any atom is 0.273 e. The van der Waals surface area contributed by atoms with E-state index in [1.165, 1.54) is 11.3 Å². The first-order valence-corrected chi connectivity index (χ1v) is 7.69. The van der Waals surface area contributed by atoms with Crippen LogP contribution >= 0.6 is 11.3 Å². The van der Waals surface area contributed by atoms with Gasteiger partial charge in [-0.1, -0.05) is 0 Å². The predicted molar refractivity (Wildman–Crippen MR) is 83.6 cm³/mol. The fourth-order valence-corrected chi connectivity index (χ4v) is 2.93. The Morgan fingerprint density at radius 1 is 1.29 bits per heavy atom. The van der Waals surface area contributed by atoms with E-state index in [9.17, 15) is 4.79 Å². The normalized spacial score (nSPS) is 15.3. The Labute approximate surface area is 127 Å². The Hall–Kier alpha value is -2.15. The molecule has 0 aromatic carbocycles. The number of amides is 1. The number of hydrogen-bond acceptors (Lipinski definition) is 6. The highest BCUT2D eigenvalue weighted by atomic mass is 32.1. The second-order valence-corrected chi connectivity index (χ2v) is 6.04. The van der Waals surface area contributed by atoms with Gasteiger partial charge in [0.15, 0.2) is 0 Å². The summed E-state index contributed by atoms with van der Waals surface area (Å²) >= 11 is 1.50. The summed E-state index contributed by atoms with van der Waals surface area (Å²) in [5, 5.41) is 2.74. The number of anilines is 2. The van der Waals surface area contributed by atoms with Crippen molar-refractivity contribution in [3.05, 3.63) is 34.4 Å². The van der Waals surface area contributed by atoms with E-state index in [2.05, 4.69) is 14.9 Å². The zero-order valence-corrected chi connectivity index (χ0v) is 12.6. The van der Waals surface area contributed by atoms with Crippen LogP contribution in [0.4, 0.5) is 11.5 Å². The minimum Gasteiger partial charge on any atom is -0.397 e. The molecule has 0 spiro atoms. The van der Waals surface area contributed by atoms with Crippen molar-refractivity contribution in [3.63, 3.8) is 0 Å². The van der Waals surface area contributed by atoms with E-state index < -0.39 is 0 Å².